The molecule has 0 spiro atoms. The fourth-order valence-electron chi connectivity index (χ4n) is 2.67. The highest BCUT2D eigenvalue weighted by Crippen LogP contribution is 2.23. The second-order valence-electron chi connectivity index (χ2n) is 6.90. The predicted molar refractivity (Wildman–Crippen MR) is 128 cm³/mol. The van der Waals surface area contributed by atoms with E-state index in [-0.39, 0.29) is 23.9 Å². The lowest BCUT2D eigenvalue weighted by Crippen LogP contribution is -2.37. The number of nitrogens with zero attached hydrogens (tertiary/aromatic N) is 3. The Bertz CT molecular complexity index is 1010. The van der Waals surface area contributed by atoms with Gasteiger partial charge in [0.2, 0.25) is 5.91 Å². The Kier molecular flexibility index (Phi) is 9.49. The molecular weight excluding hydrogens is 453 g/mol. The molecule has 0 aliphatic rings. The Balaban J connectivity index is 2.01. The molecule has 0 aliphatic carbocycles. The summed E-state index contributed by atoms with van der Waals surface area (Å²) in [6.45, 7) is 0.313. The van der Waals surface area contributed by atoms with Crippen LogP contribution in [0.3, 0.4) is 0 Å². The number of nitrogens with one attached hydrogen (secondary N) is 2. The third-order valence-electron chi connectivity index (χ3n) is 4.58. The first-order valence-corrected chi connectivity index (χ1v) is 10.5. The molecule has 3 amide bonds. The van der Waals surface area contributed by atoms with Crippen LogP contribution in [0.15, 0.2) is 47.6 Å². The van der Waals surface area contributed by atoms with E-state index in [1.54, 1.807) is 31.3 Å². The molecule has 0 saturated heterocycles. The number of anilines is 1. The standard InChI is InChI=1S/C22H25Cl2N5O3/c1-25-20(30)14-28(2)21(31)13-27-29(3)16-8-9-19(24)17(12-16)22(32)26-11-10-15-6-4-5-7-18(15)23/h4-9,12-13H,10-11,14H2,1-3H3,(H,25,30)(H,26,32)/b27-13-. The van der Waals surface area contributed by atoms with Crippen molar-refractivity contribution in [1.82, 2.24) is 15.5 Å². The zero-order valence-electron chi connectivity index (χ0n) is 18.1. The van der Waals surface area contributed by atoms with Gasteiger partial charge in [-0.3, -0.25) is 19.4 Å². The first kappa shape index (κ1) is 25.2. The van der Waals surface area contributed by atoms with Crippen molar-refractivity contribution in [3.63, 3.8) is 0 Å². The summed E-state index contributed by atoms with van der Waals surface area (Å²) in [6, 6.07) is 12.3. The SMILES string of the molecule is CNC(=O)CN(C)C(=O)/C=N\N(C)c1ccc(Cl)c(C(=O)NCCc2ccccc2Cl)c1. The van der Waals surface area contributed by atoms with E-state index in [4.69, 9.17) is 23.2 Å². The van der Waals surface area contributed by atoms with Gasteiger partial charge < -0.3 is 15.5 Å². The number of carbonyl (C=O) groups is 3. The molecule has 0 atom stereocenters. The third kappa shape index (κ3) is 7.25. The van der Waals surface area contributed by atoms with Crippen LogP contribution < -0.4 is 15.6 Å². The van der Waals surface area contributed by atoms with Gasteiger partial charge >= 0.3 is 0 Å². The van der Waals surface area contributed by atoms with Crippen molar-refractivity contribution in [2.24, 2.45) is 5.10 Å². The molecule has 10 heteroatoms. The van der Waals surface area contributed by atoms with Crippen molar-refractivity contribution >= 4 is 52.8 Å². The Labute approximate surface area is 197 Å². The van der Waals surface area contributed by atoms with Crippen LogP contribution in [0, 0.1) is 0 Å². The van der Waals surface area contributed by atoms with E-state index in [1.807, 2.05) is 18.2 Å². The minimum atomic E-state index is -0.438. The molecule has 32 heavy (non-hydrogen) atoms. The molecule has 2 N–H and O–H groups in total. The summed E-state index contributed by atoms with van der Waals surface area (Å²) in [7, 11) is 4.62. The van der Waals surface area contributed by atoms with Crippen LogP contribution >= 0.6 is 23.2 Å². The number of likely N-dealkylation sites (N-methyl/N-ethyl adjacent to an activating group) is 2. The van der Waals surface area contributed by atoms with Crippen molar-refractivity contribution in [3.05, 3.63) is 63.6 Å². The van der Waals surface area contributed by atoms with Crippen LogP contribution in [0.5, 0.6) is 0 Å². The van der Waals surface area contributed by atoms with Gasteiger partial charge in [-0.2, -0.15) is 5.10 Å². The van der Waals surface area contributed by atoms with Crippen LogP contribution in [-0.4, -0.2) is 63.1 Å². The molecule has 0 saturated carbocycles. The molecular formula is C22H25Cl2N5O3. The highest BCUT2D eigenvalue weighted by atomic mass is 35.5. The second-order valence-corrected chi connectivity index (χ2v) is 7.71. The highest BCUT2D eigenvalue weighted by Gasteiger charge is 2.14. The second kappa shape index (κ2) is 12.1. The van der Waals surface area contributed by atoms with Crippen molar-refractivity contribution in [2.45, 2.75) is 6.42 Å². The molecule has 2 aromatic rings. The fraction of sp³-hybridized carbons (Fsp3) is 0.273. The van der Waals surface area contributed by atoms with E-state index in [2.05, 4.69) is 15.7 Å². The first-order valence-electron chi connectivity index (χ1n) is 9.77. The Morgan fingerprint density at radius 2 is 1.78 bits per heavy atom. The number of rotatable bonds is 9. The van der Waals surface area contributed by atoms with Gasteiger partial charge in [0.25, 0.3) is 11.8 Å². The Morgan fingerprint density at radius 1 is 1.06 bits per heavy atom. The van der Waals surface area contributed by atoms with E-state index in [9.17, 15) is 14.4 Å². The number of hydrogen-bond donors (Lipinski definition) is 2. The topological polar surface area (TPSA) is 94.1 Å². The monoisotopic (exact) mass is 477 g/mol. The summed E-state index contributed by atoms with van der Waals surface area (Å²) in [4.78, 5) is 37.3. The number of hydrazone groups is 1. The third-order valence-corrected chi connectivity index (χ3v) is 5.28. The van der Waals surface area contributed by atoms with Gasteiger partial charge in [-0.15, -0.1) is 0 Å². The zero-order valence-corrected chi connectivity index (χ0v) is 19.6. The maximum Gasteiger partial charge on any atom is 0.267 e. The summed E-state index contributed by atoms with van der Waals surface area (Å²) < 4.78 is 0. The summed E-state index contributed by atoms with van der Waals surface area (Å²) in [5, 5.41) is 11.7. The molecule has 170 valence electrons. The van der Waals surface area contributed by atoms with Crippen LogP contribution in [-0.2, 0) is 16.0 Å². The molecule has 0 aliphatic heterocycles. The minimum Gasteiger partial charge on any atom is -0.358 e. The average Bonchev–Trinajstić information content (AvgIpc) is 2.78. The van der Waals surface area contributed by atoms with E-state index < -0.39 is 5.91 Å². The number of amides is 3. The lowest BCUT2D eigenvalue weighted by Gasteiger charge is -2.16. The van der Waals surface area contributed by atoms with E-state index in [0.29, 0.717) is 28.7 Å². The largest absolute Gasteiger partial charge is 0.358 e. The number of halogens is 2. The molecule has 8 nitrogen and oxygen atoms in total. The maximum atomic E-state index is 12.6. The smallest absolute Gasteiger partial charge is 0.267 e. The van der Waals surface area contributed by atoms with Gasteiger partial charge in [-0.05, 0) is 36.2 Å². The molecule has 0 radical (unpaired) electrons. The molecule has 2 rings (SSSR count). The first-order chi connectivity index (χ1) is 15.2. The van der Waals surface area contributed by atoms with Crippen molar-refractivity contribution < 1.29 is 14.4 Å². The van der Waals surface area contributed by atoms with Gasteiger partial charge in [0.1, 0.15) is 6.21 Å². The fourth-order valence-corrected chi connectivity index (χ4v) is 3.10. The normalized spacial score (nSPS) is 10.7. The summed E-state index contributed by atoms with van der Waals surface area (Å²) in [6.07, 6.45) is 1.68. The van der Waals surface area contributed by atoms with Crippen LogP contribution in [0.4, 0.5) is 5.69 Å². The van der Waals surface area contributed by atoms with Gasteiger partial charge in [-0.25, -0.2) is 0 Å². The van der Waals surface area contributed by atoms with Crippen LogP contribution in [0.2, 0.25) is 10.0 Å². The van der Waals surface area contributed by atoms with Crippen LogP contribution in [0.1, 0.15) is 15.9 Å². The number of hydrogen-bond acceptors (Lipinski definition) is 5. The van der Waals surface area contributed by atoms with Gasteiger partial charge in [0, 0.05) is 32.7 Å². The predicted octanol–water partition coefficient (Wildman–Crippen LogP) is 2.59. The quantitative estimate of drug-likeness (QED) is 0.428. The lowest BCUT2D eigenvalue weighted by atomic mass is 10.1. The number of carbonyl (C=O) groups excluding carboxylic acids is 3. The van der Waals surface area contributed by atoms with E-state index in [0.717, 1.165) is 11.8 Å². The van der Waals surface area contributed by atoms with E-state index in [1.165, 1.54) is 24.0 Å². The molecule has 0 unspecified atom stereocenters. The average molecular weight is 478 g/mol. The number of benzene rings is 2. The molecule has 0 fully saturated rings. The molecule has 0 aromatic heterocycles. The Hall–Kier alpha value is -3.10. The lowest BCUT2D eigenvalue weighted by molar-refractivity contribution is -0.129. The summed E-state index contributed by atoms with van der Waals surface area (Å²) in [5.41, 5.74) is 1.78. The van der Waals surface area contributed by atoms with Crippen molar-refractivity contribution in [3.8, 4) is 0 Å². The van der Waals surface area contributed by atoms with Crippen LogP contribution in [0.25, 0.3) is 0 Å². The molecule has 0 bridgehead atoms. The molecule has 2 aromatic carbocycles. The van der Waals surface area contributed by atoms with Gasteiger partial charge in [0.15, 0.2) is 0 Å². The molecule has 0 heterocycles. The summed E-state index contributed by atoms with van der Waals surface area (Å²) in [5.74, 6) is -1.06. The minimum absolute atomic E-state index is 0.0788. The van der Waals surface area contributed by atoms with Crippen molar-refractivity contribution in [2.75, 3.05) is 39.2 Å². The maximum absolute atomic E-state index is 12.6. The van der Waals surface area contributed by atoms with Gasteiger partial charge in [0.05, 0.1) is 22.8 Å². The van der Waals surface area contributed by atoms with Gasteiger partial charge in [-0.1, -0.05) is 41.4 Å². The Morgan fingerprint density at radius 3 is 2.47 bits per heavy atom. The zero-order chi connectivity index (χ0) is 23.7. The van der Waals surface area contributed by atoms with E-state index >= 15 is 0 Å². The van der Waals surface area contributed by atoms with Crippen molar-refractivity contribution in [1.29, 1.82) is 0 Å². The highest BCUT2D eigenvalue weighted by molar-refractivity contribution is 6.34. The summed E-state index contributed by atoms with van der Waals surface area (Å²) >= 11 is 12.4.